The third-order valence-electron chi connectivity index (χ3n) is 4.32. The Labute approximate surface area is 201 Å². The number of hydrogen-bond acceptors (Lipinski definition) is 5. The number of aryl methyl sites for hydroxylation is 1. The second-order valence-electron chi connectivity index (χ2n) is 6.66. The van der Waals surface area contributed by atoms with Gasteiger partial charge in [-0.3, -0.25) is 10.1 Å². The van der Waals surface area contributed by atoms with Crippen LogP contribution in [0.25, 0.3) is 0 Å². The number of rotatable bonds is 7. The Kier molecular flexibility index (Phi) is 7.96. The van der Waals surface area contributed by atoms with E-state index in [2.05, 4.69) is 47.7 Å². The van der Waals surface area contributed by atoms with Crippen LogP contribution in [0.2, 0.25) is 0 Å². The number of nitrogens with one attached hydrogen (secondary N) is 2. The molecule has 0 radical (unpaired) electrons. The summed E-state index contributed by atoms with van der Waals surface area (Å²) >= 11 is 6.94. The van der Waals surface area contributed by atoms with Gasteiger partial charge in [-0.2, -0.15) is 5.10 Å². The maximum Gasteiger partial charge on any atom is 0.339 e. The molecule has 0 atom stereocenters. The number of carbonyl (C=O) groups excluding carboxylic acids is 1. The highest BCUT2D eigenvalue weighted by molar-refractivity contribution is 9.11. The van der Waals surface area contributed by atoms with Crippen LogP contribution in [0.5, 0.6) is 5.75 Å². The van der Waals surface area contributed by atoms with Crippen molar-refractivity contribution in [1.82, 2.24) is 5.43 Å². The molecule has 10 heteroatoms. The monoisotopic (exact) mass is 560 g/mol. The number of benzene rings is 3. The molecule has 2 N–H and O–H groups in total. The Morgan fingerprint density at radius 2 is 1.78 bits per heavy atom. The number of carbonyl (C=O) groups is 1. The number of anilines is 1. The maximum absolute atomic E-state index is 12.0. The van der Waals surface area contributed by atoms with Crippen molar-refractivity contribution in [1.29, 1.82) is 0 Å². The SMILES string of the molecule is Cc1ccccc1NC(=O)NN=Cc1cc(Br)c(OCc2ccc([N+](=O)[O-])cc2)c(Br)c1. The fourth-order valence-electron chi connectivity index (χ4n) is 2.69. The first-order chi connectivity index (χ1) is 15.3. The molecule has 0 heterocycles. The Bertz CT molecular complexity index is 1140. The van der Waals surface area contributed by atoms with Crippen molar-refractivity contribution in [3.8, 4) is 5.75 Å². The lowest BCUT2D eigenvalue weighted by Crippen LogP contribution is -2.24. The zero-order valence-electron chi connectivity index (χ0n) is 16.8. The van der Waals surface area contributed by atoms with Crippen molar-refractivity contribution in [3.05, 3.63) is 96.4 Å². The first-order valence-corrected chi connectivity index (χ1v) is 10.9. The largest absolute Gasteiger partial charge is 0.487 e. The summed E-state index contributed by atoms with van der Waals surface area (Å²) < 4.78 is 7.20. The fraction of sp³-hybridized carbons (Fsp3) is 0.0909. The molecule has 0 unspecified atom stereocenters. The minimum Gasteiger partial charge on any atom is -0.487 e. The van der Waals surface area contributed by atoms with Gasteiger partial charge in [0, 0.05) is 17.8 Å². The second-order valence-corrected chi connectivity index (χ2v) is 8.37. The van der Waals surface area contributed by atoms with E-state index in [1.54, 1.807) is 24.3 Å². The third kappa shape index (κ3) is 6.38. The van der Waals surface area contributed by atoms with Gasteiger partial charge in [-0.15, -0.1) is 0 Å². The highest BCUT2D eigenvalue weighted by Crippen LogP contribution is 2.35. The van der Waals surface area contributed by atoms with Gasteiger partial charge in [-0.05, 0) is 85.8 Å². The van der Waals surface area contributed by atoms with Crippen molar-refractivity contribution < 1.29 is 14.5 Å². The molecule has 0 aliphatic rings. The molecular weight excluding hydrogens is 544 g/mol. The number of nitro benzene ring substituents is 1. The highest BCUT2D eigenvalue weighted by atomic mass is 79.9. The van der Waals surface area contributed by atoms with Gasteiger partial charge in [-0.1, -0.05) is 18.2 Å². The number of para-hydroxylation sites is 1. The van der Waals surface area contributed by atoms with Crippen molar-refractivity contribution in [2.45, 2.75) is 13.5 Å². The number of halogens is 2. The second kappa shape index (κ2) is 10.9. The predicted molar refractivity (Wildman–Crippen MR) is 130 cm³/mol. The lowest BCUT2D eigenvalue weighted by Gasteiger charge is -2.11. The molecule has 0 aliphatic carbocycles. The van der Waals surface area contributed by atoms with Crippen LogP contribution in [0.3, 0.4) is 0 Å². The molecule has 2 amide bonds. The molecule has 0 spiro atoms. The molecule has 164 valence electrons. The number of non-ortho nitro benzene ring substituents is 1. The standard InChI is InChI=1S/C22H18Br2N4O4/c1-14-4-2-3-5-20(14)26-22(29)27-25-12-16-10-18(23)21(19(24)11-16)32-13-15-6-8-17(9-7-15)28(30)31/h2-12H,13H2,1H3,(H2,26,27,29). The minimum absolute atomic E-state index is 0.0287. The average molecular weight is 562 g/mol. The van der Waals surface area contributed by atoms with Gasteiger partial charge in [0.15, 0.2) is 0 Å². The molecule has 0 aromatic heterocycles. The van der Waals surface area contributed by atoms with Gasteiger partial charge in [0.1, 0.15) is 12.4 Å². The summed E-state index contributed by atoms with van der Waals surface area (Å²) in [5.41, 5.74) is 5.63. The summed E-state index contributed by atoms with van der Waals surface area (Å²) in [5.74, 6) is 0.575. The van der Waals surface area contributed by atoms with Gasteiger partial charge >= 0.3 is 6.03 Å². The smallest absolute Gasteiger partial charge is 0.339 e. The van der Waals surface area contributed by atoms with Gasteiger partial charge in [-0.25, -0.2) is 10.2 Å². The van der Waals surface area contributed by atoms with E-state index in [1.807, 2.05) is 31.2 Å². The van der Waals surface area contributed by atoms with Gasteiger partial charge in [0.2, 0.25) is 0 Å². The minimum atomic E-state index is -0.447. The summed E-state index contributed by atoms with van der Waals surface area (Å²) in [6.45, 7) is 2.14. The van der Waals surface area contributed by atoms with E-state index in [1.165, 1.54) is 18.3 Å². The van der Waals surface area contributed by atoms with E-state index in [0.717, 1.165) is 16.7 Å². The molecule has 8 nitrogen and oxygen atoms in total. The van der Waals surface area contributed by atoms with Crippen molar-refractivity contribution in [3.63, 3.8) is 0 Å². The van der Waals surface area contributed by atoms with Gasteiger partial charge in [0.05, 0.1) is 20.1 Å². The fourth-order valence-corrected chi connectivity index (χ4v) is 4.14. The summed E-state index contributed by atoms with van der Waals surface area (Å²) in [6, 6.07) is 16.7. The van der Waals surface area contributed by atoms with Crippen molar-refractivity contribution in [2.24, 2.45) is 5.10 Å². The van der Waals surface area contributed by atoms with Gasteiger partial charge < -0.3 is 10.1 Å². The van der Waals surface area contributed by atoms with E-state index in [-0.39, 0.29) is 12.3 Å². The Morgan fingerprint density at radius 1 is 1.12 bits per heavy atom. The first-order valence-electron chi connectivity index (χ1n) is 9.34. The van der Waals surface area contributed by atoms with Crippen LogP contribution < -0.4 is 15.5 Å². The Balaban J connectivity index is 1.59. The lowest BCUT2D eigenvalue weighted by molar-refractivity contribution is -0.384. The number of nitrogens with zero attached hydrogens (tertiary/aromatic N) is 2. The van der Waals surface area contributed by atoms with Crippen LogP contribution in [0, 0.1) is 17.0 Å². The number of ether oxygens (including phenoxy) is 1. The summed E-state index contributed by atoms with van der Waals surface area (Å²) in [5, 5.41) is 17.4. The maximum atomic E-state index is 12.0. The molecule has 3 aromatic rings. The van der Waals surface area contributed by atoms with E-state index in [9.17, 15) is 14.9 Å². The summed E-state index contributed by atoms with van der Waals surface area (Å²) in [6.07, 6.45) is 1.51. The first kappa shape index (κ1) is 23.4. The van der Waals surface area contributed by atoms with Crippen molar-refractivity contribution >= 4 is 55.5 Å². The van der Waals surface area contributed by atoms with Crippen LogP contribution in [-0.4, -0.2) is 17.2 Å². The highest BCUT2D eigenvalue weighted by Gasteiger charge is 2.10. The zero-order valence-corrected chi connectivity index (χ0v) is 20.0. The quantitative estimate of drug-likeness (QED) is 0.204. The van der Waals surface area contributed by atoms with Crippen LogP contribution >= 0.6 is 31.9 Å². The summed E-state index contributed by atoms with van der Waals surface area (Å²) in [4.78, 5) is 22.3. The van der Waals surface area contributed by atoms with Crippen molar-refractivity contribution in [2.75, 3.05) is 5.32 Å². The number of hydrogen-bond donors (Lipinski definition) is 2. The normalized spacial score (nSPS) is 10.7. The zero-order chi connectivity index (χ0) is 23.1. The number of amides is 2. The molecule has 0 saturated carbocycles. The molecular formula is C22H18Br2N4O4. The molecule has 3 aromatic carbocycles. The molecule has 3 rings (SSSR count). The van der Waals surface area contributed by atoms with E-state index in [4.69, 9.17) is 4.74 Å². The lowest BCUT2D eigenvalue weighted by atomic mass is 10.2. The van der Waals surface area contributed by atoms with Crippen LogP contribution in [0.4, 0.5) is 16.2 Å². The molecule has 0 fully saturated rings. The number of nitro groups is 1. The predicted octanol–water partition coefficient (Wildman–Crippen LogP) is 6.16. The number of hydrazone groups is 1. The average Bonchev–Trinajstić information content (AvgIpc) is 2.75. The molecule has 0 saturated heterocycles. The Hall–Kier alpha value is -3.24. The Morgan fingerprint density at radius 3 is 2.41 bits per heavy atom. The molecule has 0 aliphatic heterocycles. The van der Waals surface area contributed by atoms with Gasteiger partial charge in [0.25, 0.3) is 5.69 Å². The van der Waals surface area contributed by atoms with E-state index >= 15 is 0 Å². The van der Waals surface area contributed by atoms with Crippen LogP contribution in [-0.2, 0) is 6.61 Å². The number of urea groups is 1. The van der Waals surface area contributed by atoms with E-state index in [0.29, 0.717) is 20.4 Å². The molecule has 0 bridgehead atoms. The molecule has 32 heavy (non-hydrogen) atoms. The van der Waals surface area contributed by atoms with Crippen LogP contribution in [0.15, 0.2) is 74.7 Å². The van der Waals surface area contributed by atoms with E-state index < -0.39 is 11.0 Å². The summed E-state index contributed by atoms with van der Waals surface area (Å²) in [7, 11) is 0. The topological polar surface area (TPSA) is 106 Å². The van der Waals surface area contributed by atoms with Crippen LogP contribution in [0.1, 0.15) is 16.7 Å². The third-order valence-corrected chi connectivity index (χ3v) is 5.50.